The smallest absolute Gasteiger partial charge is 0.142 e. The molecule has 3 nitrogen and oxygen atoms in total. The van der Waals surface area contributed by atoms with Crippen LogP contribution < -0.4 is 5.32 Å². The van der Waals surface area contributed by atoms with Gasteiger partial charge >= 0.3 is 0 Å². The number of aryl methyl sites for hydroxylation is 1. The van der Waals surface area contributed by atoms with Gasteiger partial charge in [0.05, 0.1) is 11.1 Å². The maximum atomic E-state index is 14.0. The van der Waals surface area contributed by atoms with Gasteiger partial charge in [0.25, 0.3) is 0 Å². The average molecular weight is 300 g/mol. The summed E-state index contributed by atoms with van der Waals surface area (Å²) in [6, 6.07) is 1.58. The van der Waals surface area contributed by atoms with Crippen LogP contribution in [-0.2, 0) is 6.54 Å². The molecule has 1 aromatic heterocycles. The summed E-state index contributed by atoms with van der Waals surface area (Å²) in [5, 5.41) is 2.75. The molecular formula is C14H16ClF2N3. The van der Waals surface area contributed by atoms with Gasteiger partial charge in [-0.1, -0.05) is 18.5 Å². The van der Waals surface area contributed by atoms with E-state index in [1.807, 2.05) is 17.7 Å². The maximum Gasteiger partial charge on any atom is 0.142 e. The van der Waals surface area contributed by atoms with Gasteiger partial charge in [-0.3, -0.25) is 0 Å². The highest BCUT2D eigenvalue weighted by molar-refractivity contribution is 6.30. The number of nitrogens with zero attached hydrogens (tertiary/aromatic N) is 2. The van der Waals surface area contributed by atoms with Crippen LogP contribution in [0.2, 0.25) is 5.02 Å². The summed E-state index contributed by atoms with van der Waals surface area (Å²) < 4.78 is 29.6. The number of nitrogens with one attached hydrogen (secondary N) is 1. The average Bonchev–Trinajstić information content (AvgIpc) is 2.85. The van der Waals surface area contributed by atoms with E-state index in [9.17, 15) is 8.78 Å². The van der Waals surface area contributed by atoms with Crippen LogP contribution >= 0.6 is 11.6 Å². The quantitative estimate of drug-likeness (QED) is 0.856. The second-order valence-electron chi connectivity index (χ2n) is 4.49. The van der Waals surface area contributed by atoms with Crippen molar-refractivity contribution < 1.29 is 8.78 Å². The minimum Gasteiger partial charge on any atom is -0.333 e. The fraction of sp³-hybridized carbons (Fsp3) is 0.357. The minimum absolute atomic E-state index is 0.193. The number of benzene rings is 1. The summed E-state index contributed by atoms with van der Waals surface area (Å²) in [6.45, 7) is 2.81. The van der Waals surface area contributed by atoms with Crippen LogP contribution in [0.1, 0.15) is 30.8 Å². The second kappa shape index (κ2) is 6.33. The van der Waals surface area contributed by atoms with E-state index in [2.05, 4.69) is 10.3 Å². The molecule has 1 unspecified atom stereocenters. The molecule has 6 heteroatoms. The van der Waals surface area contributed by atoms with Crippen molar-refractivity contribution in [3.8, 4) is 0 Å². The maximum absolute atomic E-state index is 14.0. The van der Waals surface area contributed by atoms with Gasteiger partial charge in [-0.05, 0) is 25.6 Å². The lowest BCUT2D eigenvalue weighted by Crippen LogP contribution is -2.23. The van der Waals surface area contributed by atoms with E-state index in [0.717, 1.165) is 25.1 Å². The molecular weight excluding hydrogens is 284 g/mol. The van der Waals surface area contributed by atoms with Gasteiger partial charge < -0.3 is 9.88 Å². The lowest BCUT2D eigenvalue weighted by molar-refractivity contribution is 0.525. The Kier molecular flexibility index (Phi) is 4.73. The summed E-state index contributed by atoms with van der Waals surface area (Å²) in [7, 11) is 1.68. The molecule has 108 valence electrons. The lowest BCUT2D eigenvalue weighted by Gasteiger charge is -2.19. The Bertz CT molecular complexity index is 598. The van der Waals surface area contributed by atoms with Gasteiger partial charge in [-0.2, -0.15) is 0 Å². The standard InChI is InChI=1S/C14H16ClF2N3/c1-3-5-20-6-4-19-14(20)13(18-2)9-7-12(17)10(15)8-11(9)16/h4,6-8,13,18H,3,5H2,1-2H3. The molecule has 0 spiro atoms. The van der Waals surface area contributed by atoms with Crippen LogP contribution in [0.5, 0.6) is 0 Å². The van der Waals surface area contributed by atoms with Crippen molar-refractivity contribution in [3.63, 3.8) is 0 Å². The van der Waals surface area contributed by atoms with Crippen LogP contribution in [-0.4, -0.2) is 16.6 Å². The molecule has 1 heterocycles. The lowest BCUT2D eigenvalue weighted by atomic mass is 10.1. The minimum atomic E-state index is -0.642. The Hall–Kier alpha value is -1.46. The van der Waals surface area contributed by atoms with Crippen LogP contribution in [0.15, 0.2) is 24.5 Å². The van der Waals surface area contributed by atoms with E-state index in [1.54, 1.807) is 13.2 Å². The van der Waals surface area contributed by atoms with Crippen molar-refractivity contribution in [1.82, 2.24) is 14.9 Å². The first kappa shape index (κ1) is 14.9. The van der Waals surface area contributed by atoms with E-state index in [0.29, 0.717) is 5.82 Å². The van der Waals surface area contributed by atoms with E-state index in [1.165, 1.54) is 0 Å². The van der Waals surface area contributed by atoms with E-state index >= 15 is 0 Å². The summed E-state index contributed by atoms with van der Waals surface area (Å²) >= 11 is 5.58. The predicted molar refractivity (Wildman–Crippen MR) is 74.8 cm³/mol. The molecule has 0 aliphatic carbocycles. The van der Waals surface area contributed by atoms with E-state index in [4.69, 9.17) is 11.6 Å². The second-order valence-corrected chi connectivity index (χ2v) is 4.90. The zero-order valence-corrected chi connectivity index (χ0v) is 12.1. The summed E-state index contributed by atoms with van der Waals surface area (Å²) in [4.78, 5) is 4.25. The van der Waals surface area contributed by atoms with Gasteiger partial charge in [0.1, 0.15) is 17.5 Å². The SMILES string of the molecule is CCCn1ccnc1C(NC)c1cc(F)c(Cl)cc1F. The number of rotatable bonds is 5. The van der Waals surface area contributed by atoms with Gasteiger partial charge in [0.15, 0.2) is 0 Å². The zero-order chi connectivity index (χ0) is 14.7. The summed E-state index contributed by atoms with van der Waals surface area (Å²) in [6.07, 6.45) is 4.41. The fourth-order valence-electron chi connectivity index (χ4n) is 2.19. The molecule has 0 aliphatic heterocycles. The molecule has 0 fully saturated rings. The molecule has 0 saturated heterocycles. The fourth-order valence-corrected chi connectivity index (χ4v) is 2.34. The number of aromatic nitrogens is 2. The van der Waals surface area contributed by atoms with Gasteiger partial charge in [0, 0.05) is 24.5 Å². The van der Waals surface area contributed by atoms with Crippen molar-refractivity contribution in [2.75, 3.05) is 7.05 Å². The Morgan fingerprint density at radius 1 is 1.35 bits per heavy atom. The summed E-state index contributed by atoms with van der Waals surface area (Å²) in [5.74, 6) is -0.548. The van der Waals surface area contributed by atoms with Gasteiger partial charge in [0.2, 0.25) is 0 Å². The highest BCUT2D eigenvalue weighted by Gasteiger charge is 2.22. The van der Waals surface area contributed by atoms with Crippen LogP contribution in [0.4, 0.5) is 8.78 Å². The largest absolute Gasteiger partial charge is 0.333 e. The van der Waals surface area contributed by atoms with Crippen molar-refractivity contribution in [2.45, 2.75) is 25.9 Å². The third-order valence-electron chi connectivity index (χ3n) is 3.11. The number of halogens is 3. The third kappa shape index (κ3) is 2.83. The van der Waals surface area contributed by atoms with E-state index < -0.39 is 17.7 Å². The first-order valence-corrected chi connectivity index (χ1v) is 6.79. The molecule has 0 amide bonds. The van der Waals surface area contributed by atoms with Crippen molar-refractivity contribution in [1.29, 1.82) is 0 Å². The first-order valence-electron chi connectivity index (χ1n) is 6.41. The molecule has 0 bridgehead atoms. The predicted octanol–water partition coefficient (Wildman–Crippen LogP) is 3.53. The molecule has 20 heavy (non-hydrogen) atoms. The van der Waals surface area contributed by atoms with Gasteiger partial charge in [-0.25, -0.2) is 13.8 Å². The number of hydrogen-bond acceptors (Lipinski definition) is 2. The molecule has 2 rings (SSSR count). The molecule has 0 saturated carbocycles. The molecule has 2 aromatic rings. The molecule has 0 aliphatic rings. The molecule has 1 N–H and O–H groups in total. The Morgan fingerprint density at radius 3 is 2.75 bits per heavy atom. The Labute approximate surface area is 121 Å². The van der Waals surface area contributed by atoms with Crippen LogP contribution in [0.3, 0.4) is 0 Å². The van der Waals surface area contributed by atoms with Crippen LogP contribution in [0, 0.1) is 11.6 Å². The zero-order valence-electron chi connectivity index (χ0n) is 11.3. The van der Waals surface area contributed by atoms with E-state index in [-0.39, 0.29) is 10.6 Å². The highest BCUT2D eigenvalue weighted by atomic mass is 35.5. The summed E-state index contributed by atoms with van der Waals surface area (Å²) in [5.41, 5.74) is 0.193. The molecule has 0 radical (unpaired) electrons. The molecule has 1 aromatic carbocycles. The Balaban J connectivity index is 2.47. The normalized spacial score (nSPS) is 12.7. The van der Waals surface area contributed by atoms with Crippen LogP contribution in [0.25, 0.3) is 0 Å². The first-order chi connectivity index (χ1) is 9.58. The number of hydrogen-bond donors (Lipinski definition) is 1. The van der Waals surface area contributed by atoms with Crippen molar-refractivity contribution in [3.05, 3.63) is 52.6 Å². The Morgan fingerprint density at radius 2 is 2.10 bits per heavy atom. The van der Waals surface area contributed by atoms with Crippen molar-refractivity contribution >= 4 is 11.6 Å². The third-order valence-corrected chi connectivity index (χ3v) is 3.40. The number of imidazole rings is 1. The molecule has 1 atom stereocenters. The highest BCUT2D eigenvalue weighted by Crippen LogP contribution is 2.27. The topological polar surface area (TPSA) is 29.9 Å². The van der Waals surface area contributed by atoms with Crippen molar-refractivity contribution in [2.24, 2.45) is 0 Å². The monoisotopic (exact) mass is 299 g/mol. The van der Waals surface area contributed by atoms with Gasteiger partial charge in [-0.15, -0.1) is 0 Å².